The van der Waals surface area contributed by atoms with Gasteiger partial charge in [-0.15, -0.1) is 0 Å². The maximum absolute atomic E-state index is 11.1. The van der Waals surface area contributed by atoms with Crippen LogP contribution in [-0.2, 0) is 0 Å². The lowest BCUT2D eigenvalue weighted by molar-refractivity contribution is -0.384. The molecule has 1 heterocycles. The highest BCUT2D eigenvalue weighted by molar-refractivity contribution is 5.78. The Hall–Kier alpha value is -3.92. The first kappa shape index (κ1) is 16.9. The number of ether oxygens (including phenoxy) is 1. The van der Waals surface area contributed by atoms with Crippen LogP contribution in [0.2, 0.25) is 0 Å². The maximum atomic E-state index is 11.1. The second kappa shape index (κ2) is 6.91. The minimum atomic E-state index is -0.474. The van der Waals surface area contributed by atoms with Crippen molar-refractivity contribution in [2.75, 3.05) is 12.8 Å². The van der Waals surface area contributed by atoms with Gasteiger partial charge in [-0.1, -0.05) is 12.1 Å². The van der Waals surface area contributed by atoms with Gasteiger partial charge in [0.1, 0.15) is 23.1 Å². The summed E-state index contributed by atoms with van der Waals surface area (Å²) in [5, 5.41) is 20.5. The number of nitriles is 1. The summed E-state index contributed by atoms with van der Waals surface area (Å²) in [7, 11) is 1.58. The quantitative estimate of drug-likeness (QED) is 0.574. The monoisotopic (exact) mass is 347 g/mol. The number of nitrogens with one attached hydrogen (secondary N) is 1. The van der Waals surface area contributed by atoms with Crippen LogP contribution in [0.25, 0.3) is 22.4 Å². The van der Waals surface area contributed by atoms with Crippen molar-refractivity contribution in [3.8, 4) is 34.2 Å². The van der Waals surface area contributed by atoms with Gasteiger partial charge in [0, 0.05) is 23.3 Å². The zero-order chi connectivity index (χ0) is 18.7. The molecule has 7 nitrogen and oxygen atoms in total. The summed E-state index contributed by atoms with van der Waals surface area (Å²) in [6.07, 6.45) is 0. The van der Waals surface area contributed by atoms with Crippen LogP contribution in [0, 0.1) is 21.4 Å². The van der Waals surface area contributed by atoms with Gasteiger partial charge in [0.25, 0.3) is 11.5 Å². The topological polar surface area (TPSA) is 116 Å². The molecule has 3 rings (SSSR count). The highest BCUT2D eigenvalue weighted by Crippen LogP contribution is 2.31. The molecule has 0 fully saturated rings. The standard InChI is InChI=1S/C19H14N4O3/c1-26-15-7-5-12(6-8-15)18-10-16(17(11-20)19(21)22-18)13-3-2-4-14(9-13)23(24)25/h2-10H,1H3,(H2,21,22)/p+1. The molecule has 128 valence electrons. The van der Waals surface area contributed by atoms with Crippen LogP contribution >= 0.6 is 0 Å². The van der Waals surface area contributed by atoms with Gasteiger partial charge in [0.05, 0.1) is 12.0 Å². The highest BCUT2D eigenvalue weighted by Gasteiger charge is 2.18. The number of pyridine rings is 1. The van der Waals surface area contributed by atoms with Crippen molar-refractivity contribution in [2.24, 2.45) is 0 Å². The molecule has 2 aromatic carbocycles. The van der Waals surface area contributed by atoms with Gasteiger partial charge in [-0.25, -0.2) is 4.98 Å². The molecule has 0 saturated heterocycles. The van der Waals surface area contributed by atoms with Crippen molar-refractivity contribution in [3.63, 3.8) is 0 Å². The van der Waals surface area contributed by atoms with E-state index in [-0.39, 0.29) is 17.1 Å². The molecule has 0 aliphatic rings. The number of aromatic nitrogens is 1. The second-order valence-electron chi connectivity index (χ2n) is 5.53. The summed E-state index contributed by atoms with van der Waals surface area (Å²) in [5.41, 5.74) is 8.81. The minimum absolute atomic E-state index is 0.0520. The Morgan fingerprint density at radius 2 is 1.88 bits per heavy atom. The molecule has 0 aliphatic heterocycles. The molecule has 0 atom stereocenters. The highest BCUT2D eigenvalue weighted by atomic mass is 16.6. The van der Waals surface area contributed by atoms with E-state index in [1.54, 1.807) is 25.3 Å². The fourth-order valence-electron chi connectivity index (χ4n) is 2.67. The lowest BCUT2D eigenvalue weighted by Gasteiger charge is -2.08. The van der Waals surface area contributed by atoms with E-state index in [0.717, 1.165) is 5.56 Å². The number of nitro groups is 1. The van der Waals surface area contributed by atoms with E-state index >= 15 is 0 Å². The number of H-pyrrole nitrogens is 1. The van der Waals surface area contributed by atoms with Crippen LogP contribution in [0.3, 0.4) is 0 Å². The third-order valence-corrected chi connectivity index (χ3v) is 3.98. The minimum Gasteiger partial charge on any atom is -0.497 e. The Balaban J connectivity index is 2.18. The van der Waals surface area contributed by atoms with E-state index in [2.05, 4.69) is 11.1 Å². The Kier molecular flexibility index (Phi) is 4.50. The third kappa shape index (κ3) is 3.16. The Morgan fingerprint density at radius 3 is 2.50 bits per heavy atom. The molecule has 0 aliphatic carbocycles. The number of aromatic amines is 1. The van der Waals surface area contributed by atoms with Crippen molar-refractivity contribution in [3.05, 3.63) is 70.3 Å². The third-order valence-electron chi connectivity index (χ3n) is 3.98. The summed E-state index contributed by atoms with van der Waals surface area (Å²) in [6.45, 7) is 0. The fourth-order valence-corrected chi connectivity index (χ4v) is 2.67. The van der Waals surface area contributed by atoms with Gasteiger partial charge < -0.3 is 4.74 Å². The molecule has 0 amide bonds. The number of hydrogen-bond donors (Lipinski definition) is 1. The first-order chi connectivity index (χ1) is 12.5. The summed E-state index contributed by atoms with van der Waals surface area (Å²) < 4.78 is 5.15. The predicted octanol–water partition coefficient (Wildman–Crippen LogP) is 3.21. The normalized spacial score (nSPS) is 10.2. The molecule has 7 heteroatoms. The van der Waals surface area contributed by atoms with Crippen LogP contribution in [0.5, 0.6) is 5.75 Å². The van der Waals surface area contributed by atoms with E-state index in [1.807, 2.05) is 24.3 Å². The molecule has 0 bridgehead atoms. The number of anilines is 1. The number of rotatable bonds is 4. The van der Waals surface area contributed by atoms with Crippen LogP contribution < -0.4 is 15.5 Å². The van der Waals surface area contributed by atoms with Gasteiger partial charge in [-0.2, -0.15) is 5.26 Å². The molecule has 0 unspecified atom stereocenters. The Labute approximate surface area is 149 Å². The molecule has 0 saturated carbocycles. The van der Waals surface area contributed by atoms with Gasteiger partial charge >= 0.3 is 0 Å². The molecule has 0 radical (unpaired) electrons. The summed E-state index contributed by atoms with van der Waals surface area (Å²) in [4.78, 5) is 13.6. The van der Waals surface area contributed by atoms with Crippen molar-refractivity contribution in [1.82, 2.24) is 0 Å². The lowest BCUT2D eigenvalue weighted by Crippen LogP contribution is -2.16. The van der Waals surface area contributed by atoms with Gasteiger partial charge in [0.2, 0.25) is 0 Å². The number of nitro benzene ring substituents is 1. The zero-order valence-corrected chi connectivity index (χ0v) is 13.9. The van der Waals surface area contributed by atoms with E-state index in [4.69, 9.17) is 10.5 Å². The van der Waals surface area contributed by atoms with Crippen molar-refractivity contribution >= 4 is 11.5 Å². The average molecular weight is 347 g/mol. The number of nitrogen functional groups attached to an aromatic ring is 1. The largest absolute Gasteiger partial charge is 0.497 e. The molecule has 0 spiro atoms. The van der Waals surface area contributed by atoms with Gasteiger partial charge in [-0.3, -0.25) is 15.8 Å². The van der Waals surface area contributed by atoms with E-state index in [0.29, 0.717) is 22.6 Å². The first-order valence-corrected chi connectivity index (χ1v) is 7.68. The second-order valence-corrected chi connectivity index (χ2v) is 5.53. The van der Waals surface area contributed by atoms with Crippen molar-refractivity contribution < 1.29 is 14.6 Å². The lowest BCUT2D eigenvalue weighted by atomic mass is 9.98. The maximum Gasteiger partial charge on any atom is 0.289 e. The molecule has 1 aromatic heterocycles. The van der Waals surface area contributed by atoms with Crippen molar-refractivity contribution in [2.45, 2.75) is 0 Å². The number of nitrogens with two attached hydrogens (primary N) is 1. The molecule has 3 N–H and O–H groups in total. The zero-order valence-electron chi connectivity index (χ0n) is 13.9. The molecule has 26 heavy (non-hydrogen) atoms. The SMILES string of the molecule is COc1ccc(-c2cc(-c3cccc([N+](=O)[O-])c3)c(C#N)c(N)[nH+]2)cc1. The predicted molar refractivity (Wildman–Crippen MR) is 96.2 cm³/mol. The molecule has 3 aromatic rings. The van der Waals surface area contributed by atoms with Crippen LogP contribution in [0.15, 0.2) is 54.6 Å². The van der Waals surface area contributed by atoms with Crippen LogP contribution in [0.1, 0.15) is 5.56 Å². The summed E-state index contributed by atoms with van der Waals surface area (Å²) >= 11 is 0. The van der Waals surface area contributed by atoms with Gasteiger partial charge in [0.15, 0.2) is 0 Å². The van der Waals surface area contributed by atoms with E-state index in [9.17, 15) is 15.4 Å². The van der Waals surface area contributed by atoms with E-state index in [1.165, 1.54) is 12.1 Å². The smallest absolute Gasteiger partial charge is 0.289 e. The Bertz CT molecular complexity index is 1020. The summed E-state index contributed by atoms with van der Waals surface area (Å²) in [5.74, 6) is 0.914. The van der Waals surface area contributed by atoms with Crippen LogP contribution in [-0.4, -0.2) is 12.0 Å². The molecular formula is C19H15N4O3+. The Morgan fingerprint density at radius 1 is 1.15 bits per heavy atom. The summed E-state index contributed by atoms with van der Waals surface area (Å²) in [6, 6.07) is 17.3. The number of non-ortho nitro benzene ring substituents is 1. The number of methoxy groups -OCH3 is 1. The average Bonchev–Trinajstić information content (AvgIpc) is 2.67. The van der Waals surface area contributed by atoms with E-state index < -0.39 is 4.92 Å². The number of hydrogen-bond acceptors (Lipinski definition) is 5. The van der Waals surface area contributed by atoms with Gasteiger partial charge in [-0.05, 0) is 35.9 Å². The number of benzene rings is 2. The first-order valence-electron chi connectivity index (χ1n) is 7.68. The number of nitrogens with zero attached hydrogens (tertiary/aromatic N) is 2. The molecular weight excluding hydrogens is 332 g/mol. The van der Waals surface area contributed by atoms with Crippen LogP contribution in [0.4, 0.5) is 11.5 Å². The fraction of sp³-hybridized carbons (Fsp3) is 0.0526. The van der Waals surface area contributed by atoms with Crippen molar-refractivity contribution in [1.29, 1.82) is 5.26 Å².